The number of carbonyl (C=O) groups excluding carboxylic acids is 3. The van der Waals surface area contributed by atoms with E-state index in [2.05, 4.69) is 10.6 Å². The molecule has 0 heterocycles. The van der Waals surface area contributed by atoms with Crippen molar-refractivity contribution in [2.75, 3.05) is 5.32 Å². The summed E-state index contributed by atoms with van der Waals surface area (Å²) in [6.07, 6.45) is 0.770. The molecule has 0 aromatic heterocycles. The van der Waals surface area contributed by atoms with Gasteiger partial charge in [0.15, 0.2) is 0 Å². The predicted octanol–water partition coefficient (Wildman–Crippen LogP) is 4.25. The van der Waals surface area contributed by atoms with Gasteiger partial charge in [0.25, 0.3) is 5.91 Å². The fourth-order valence-electron chi connectivity index (χ4n) is 3.05. The molecule has 0 aliphatic heterocycles. The predicted molar refractivity (Wildman–Crippen MR) is 119 cm³/mol. The molecular weight excluding hydrogens is 411 g/mol. The Bertz CT molecular complexity index is 1110. The summed E-state index contributed by atoms with van der Waals surface area (Å²) in [6.45, 7) is 1.53. The number of hydrogen-bond donors (Lipinski definition) is 2. The Labute approximate surface area is 185 Å². The van der Waals surface area contributed by atoms with Crippen LogP contribution in [0.3, 0.4) is 0 Å². The number of para-hydroxylation sites is 1. The van der Waals surface area contributed by atoms with Crippen molar-refractivity contribution in [3.63, 3.8) is 0 Å². The van der Waals surface area contributed by atoms with Crippen LogP contribution in [-0.4, -0.2) is 17.8 Å². The quantitative estimate of drug-likeness (QED) is 0.410. The molecule has 7 heteroatoms. The minimum absolute atomic E-state index is 0.149. The minimum atomic E-state index is -0.469. The third-order valence-corrected chi connectivity index (χ3v) is 4.65. The number of benzene rings is 3. The summed E-state index contributed by atoms with van der Waals surface area (Å²) >= 11 is 0. The van der Waals surface area contributed by atoms with Crippen LogP contribution in [0.5, 0.6) is 5.75 Å². The Hall–Kier alpha value is -4.00. The summed E-state index contributed by atoms with van der Waals surface area (Å²) in [4.78, 5) is 36.0. The summed E-state index contributed by atoms with van der Waals surface area (Å²) in [5.74, 6) is -1.01. The van der Waals surface area contributed by atoms with Crippen LogP contribution < -0.4 is 15.4 Å². The molecule has 0 aliphatic rings. The van der Waals surface area contributed by atoms with Gasteiger partial charge in [0, 0.05) is 31.1 Å². The second kappa shape index (κ2) is 10.9. The summed E-state index contributed by atoms with van der Waals surface area (Å²) < 4.78 is 18.0. The van der Waals surface area contributed by atoms with E-state index >= 15 is 0 Å². The van der Waals surface area contributed by atoms with Crippen molar-refractivity contribution in [2.45, 2.75) is 26.3 Å². The summed E-state index contributed by atoms with van der Waals surface area (Å²) in [5, 5.41) is 5.67. The SMILES string of the molecule is CC(=O)Oc1cccc(C(=O)Nc2ccccc2CNC(=O)CCc2ccc(F)cc2)c1. The topological polar surface area (TPSA) is 84.5 Å². The lowest BCUT2D eigenvalue weighted by Gasteiger charge is -2.12. The fourth-order valence-corrected chi connectivity index (χ4v) is 3.05. The first-order valence-corrected chi connectivity index (χ1v) is 10.1. The van der Waals surface area contributed by atoms with Crippen LogP contribution in [0.4, 0.5) is 10.1 Å². The summed E-state index contributed by atoms with van der Waals surface area (Å²) in [6, 6.07) is 19.5. The van der Waals surface area contributed by atoms with E-state index in [-0.39, 0.29) is 36.3 Å². The maximum absolute atomic E-state index is 13.0. The van der Waals surface area contributed by atoms with E-state index < -0.39 is 5.97 Å². The van der Waals surface area contributed by atoms with Gasteiger partial charge < -0.3 is 15.4 Å². The standard InChI is InChI=1S/C25H23FN2O4/c1-17(29)32-22-7-4-6-19(15-22)25(31)28-23-8-3-2-5-20(23)16-27-24(30)14-11-18-9-12-21(26)13-10-18/h2-10,12-13,15H,11,14,16H2,1H3,(H,27,30)(H,28,31). The van der Waals surface area contributed by atoms with Crippen molar-refractivity contribution in [3.05, 3.63) is 95.3 Å². The molecule has 164 valence electrons. The number of aryl methyl sites for hydroxylation is 1. The molecule has 0 aliphatic carbocycles. The van der Waals surface area contributed by atoms with Crippen LogP contribution in [0.2, 0.25) is 0 Å². The van der Waals surface area contributed by atoms with Crippen LogP contribution in [-0.2, 0) is 22.6 Å². The van der Waals surface area contributed by atoms with E-state index in [9.17, 15) is 18.8 Å². The summed E-state index contributed by atoms with van der Waals surface area (Å²) in [5.41, 5.74) is 2.52. The molecule has 3 aromatic carbocycles. The van der Waals surface area contributed by atoms with Gasteiger partial charge in [0.1, 0.15) is 11.6 Å². The van der Waals surface area contributed by atoms with Crippen LogP contribution in [0, 0.1) is 5.82 Å². The van der Waals surface area contributed by atoms with Crippen molar-refractivity contribution < 1.29 is 23.5 Å². The molecule has 3 rings (SSSR count). The lowest BCUT2D eigenvalue weighted by Crippen LogP contribution is -2.24. The smallest absolute Gasteiger partial charge is 0.308 e. The third kappa shape index (κ3) is 6.77. The average molecular weight is 434 g/mol. The number of rotatable bonds is 8. The molecule has 0 radical (unpaired) electrons. The molecule has 3 aromatic rings. The highest BCUT2D eigenvalue weighted by atomic mass is 19.1. The van der Waals surface area contributed by atoms with Crippen molar-refractivity contribution in [2.24, 2.45) is 0 Å². The van der Waals surface area contributed by atoms with Gasteiger partial charge in [-0.3, -0.25) is 14.4 Å². The van der Waals surface area contributed by atoms with E-state index in [1.165, 1.54) is 25.1 Å². The molecule has 0 unspecified atom stereocenters. The van der Waals surface area contributed by atoms with E-state index in [1.807, 2.05) is 12.1 Å². The van der Waals surface area contributed by atoms with E-state index in [0.717, 1.165) is 11.1 Å². The molecule has 32 heavy (non-hydrogen) atoms. The Morgan fingerprint density at radius 2 is 1.69 bits per heavy atom. The number of anilines is 1. The molecule has 0 fully saturated rings. The van der Waals surface area contributed by atoms with Crippen molar-refractivity contribution in [1.29, 1.82) is 0 Å². The van der Waals surface area contributed by atoms with Gasteiger partial charge in [-0.25, -0.2) is 4.39 Å². The Morgan fingerprint density at radius 1 is 0.938 bits per heavy atom. The second-order valence-corrected chi connectivity index (χ2v) is 7.14. The zero-order valence-electron chi connectivity index (χ0n) is 17.6. The maximum atomic E-state index is 13.0. The summed E-state index contributed by atoms with van der Waals surface area (Å²) in [7, 11) is 0. The third-order valence-electron chi connectivity index (χ3n) is 4.65. The lowest BCUT2D eigenvalue weighted by molar-refractivity contribution is -0.131. The minimum Gasteiger partial charge on any atom is -0.427 e. The Morgan fingerprint density at radius 3 is 2.44 bits per heavy atom. The Kier molecular flexibility index (Phi) is 7.70. The lowest BCUT2D eigenvalue weighted by atomic mass is 10.1. The monoisotopic (exact) mass is 434 g/mol. The van der Waals surface area contributed by atoms with Crippen LogP contribution >= 0.6 is 0 Å². The van der Waals surface area contributed by atoms with Gasteiger partial charge >= 0.3 is 5.97 Å². The molecule has 2 amide bonds. The van der Waals surface area contributed by atoms with Crippen LogP contribution in [0.25, 0.3) is 0 Å². The van der Waals surface area contributed by atoms with Crippen molar-refractivity contribution in [1.82, 2.24) is 5.32 Å². The molecule has 6 nitrogen and oxygen atoms in total. The fraction of sp³-hybridized carbons (Fsp3) is 0.160. The van der Waals surface area contributed by atoms with Crippen LogP contribution in [0.1, 0.15) is 34.8 Å². The maximum Gasteiger partial charge on any atom is 0.308 e. The van der Waals surface area contributed by atoms with E-state index in [4.69, 9.17) is 4.74 Å². The molecule has 0 bridgehead atoms. The highest BCUT2D eigenvalue weighted by Gasteiger charge is 2.11. The van der Waals surface area contributed by atoms with E-state index in [1.54, 1.807) is 42.5 Å². The second-order valence-electron chi connectivity index (χ2n) is 7.14. The van der Waals surface area contributed by atoms with Gasteiger partial charge in [-0.05, 0) is 53.9 Å². The molecule has 0 saturated heterocycles. The molecular formula is C25H23FN2O4. The molecule has 2 N–H and O–H groups in total. The largest absolute Gasteiger partial charge is 0.427 e. The van der Waals surface area contributed by atoms with Gasteiger partial charge in [0.2, 0.25) is 5.91 Å². The zero-order valence-corrected chi connectivity index (χ0v) is 17.6. The van der Waals surface area contributed by atoms with E-state index in [0.29, 0.717) is 17.7 Å². The first kappa shape index (κ1) is 22.7. The number of ether oxygens (including phenoxy) is 1. The average Bonchev–Trinajstić information content (AvgIpc) is 2.78. The Balaban J connectivity index is 1.58. The number of carbonyl (C=O) groups is 3. The zero-order chi connectivity index (χ0) is 22.9. The number of amides is 2. The number of halogens is 1. The van der Waals surface area contributed by atoms with Gasteiger partial charge in [0.05, 0.1) is 0 Å². The number of esters is 1. The number of hydrogen-bond acceptors (Lipinski definition) is 4. The van der Waals surface area contributed by atoms with Gasteiger partial charge in [-0.1, -0.05) is 36.4 Å². The normalized spacial score (nSPS) is 10.3. The van der Waals surface area contributed by atoms with Gasteiger partial charge in [-0.2, -0.15) is 0 Å². The molecule has 0 spiro atoms. The first-order valence-electron chi connectivity index (χ1n) is 10.1. The molecule has 0 atom stereocenters. The number of nitrogens with one attached hydrogen (secondary N) is 2. The highest BCUT2D eigenvalue weighted by molar-refractivity contribution is 6.05. The van der Waals surface area contributed by atoms with Crippen molar-refractivity contribution >= 4 is 23.5 Å². The van der Waals surface area contributed by atoms with Gasteiger partial charge in [-0.15, -0.1) is 0 Å². The molecule has 0 saturated carbocycles. The highest BCUT2D eigenvalue weighted by Crippen LogP contribution is 2.19. The first-order chi connectivity index (χ1) is 15.4. The van der Waals surface area contributed by atoms with Crippen molar-refractivity contribution in [3.8, 4) is 5.75 Å². The van der Waals surface area contributed by atoms with Crippen LogP contribution in [0.15, 0.2) is 72.8 Å².